The first-order chi connectivity index (χ1) is 53.1. The van der Waals surface area contributed by atoms with Gasteiger partial charge >= 0.3 is 0 Å². The van der Waals surface area contributed by atoms with E-state index in [1.165, 1.54) is 13.8 Å². The van der Waals surface area contributed by atoms with Gasteiger partial charge in [-0.1, -0.05) is 27.7 Å². The number of hydrogen-bond acceptors (Lipinski definition) is 39. The molecule has 50 atom stereocenters. The number of rotatable bonds is 20. The minimum Gasteiger partial charge on any atom is -0.394 e. The van der Waals surface area contributed by atoms with Crippen LogP contribution in [0.15, 0.2) is 0 Å². The largest absolute Gasteiger partial charge is 0.394 e. The summed E-state index contributed by atoms with van der Waals surface area (Å²) in [4.78, 5) is 0. The van der Waals surface area contributed by atoms with Gasteiger partial charge in [0.15, 0.2) is 56.1 Å². The molecule has 0 aromatic heterocycles. The Morgan fingerprint density at radius 3 is 1.53 bits per heavy atom. The zero-order valence-corrected chi connectivity index (χ0v) is 63.4. The number of fused-ring (bicyclic) bond motifs is 7. The van der Waals surface area contributed by atoms with Crippen LogP contribution in [0.4, 0.5) is 0 Å². The number of hydrogen-bond donors (Lipinski definition) is 21. The molecule has 0 aromatic carbocycles. The summed E-state index contributed by atoms with van der Waals surface area (Å²) in [5.41, 5.74) is -0.0494. The number of ether oxygens (including phenoxy) is 18. The van der Waals surface area contributed by atoms with E-state index >= 15 is 0 Å². The normalized spacial score (nSPS) is 57.4. The molecule has 39 nitrogen and oxygen atoms in total. The summed E-state index contributed by atoms with van der Waals surface area (Å²) < 4.78 is 111. The second-order valence-corrected chi connectivity index (χ2v) is 34.7. The summed E-state index contributed by atoms with van der Waals surface area (Å²) in [7, 11) is 0. The van der Waals surface area contributed by atoms with Crippen LogP contribution >= 0.6 is 0 Å². The fraction of sp³-hybridized carbons (Fsp3) is 1.00. The van der Waals surface area contributed by atoms with Crippen molar-refractivity contribution in [2.24, 2.45) is 52.3 Å². The van der Waals surface area contributed by atoms with Crippen LogP contribution in [-0.2, 0) is 85.3 Å². The molecule has 0 bridgehead atoms. The zero-order chi connectivity index (χ0) is 80.4. The lowest BCUT2D eigenvalue weighted by atomic mass is 9.44. The Labute approximate surface area is 646 Å². The second-order valence-electron chi connectivity index (χ2n) is 34.7. The number of aliphatic hydroxyl groups excluding tert-OH is 21. The maximum atomic E-state index is 12.6. The van der Waals surface area contributed by atoms with Crippen LogP contribution in [0.1, 0.15) is 106 Å². The van der Waals surface area contributed by atoms with Crippen LogP contribution < -0.4 is 0 Å². The molecule has 21 N–H and O–H groups in total. The van der Waals surface area contributed by atoms with E-state index in [9.17, 15) is 107 Å². The third-order valence-electron chi connectivity index (χ3n) is 28.0. The average molecular weight is 1620 g/mol. The van der Waals surface area contributed by atoms with Gasteiger partial charge in [-0.15, -0.1) is 0 Å². The molecule has 0 unspecified atom stereocenters. The van der Waals surface area contributed by atoms with Crippen LogP contribution in [0, 0.1) is 52.3 Å². The second kappa shape index (κ2) is 34.8. The van der Waals surface area contributed by atoms with Crippen molar-refractivity contribution in [3.8, 4) is 0 Å². The molecular weight excluding hydrogens is 1500 g/mol. The molecule has 4 saturated carbocycles. The SMILES string of the molecule is C[C@H]1CC[C@@]2(OC1)O[C@H]1C[C@H]3[C@@H]4CC[C@H]5C[C@@H](O[C@@H]6O[C@H](CO[C@@H]7O[C@@H](C)[C@H](O)[C@@H](O)[C@H]7O)[C@H](O)[C@H](O)[C@H]6O[C@@H]6O[C@H](CO)[C@@H](O)[C@H](O[C@@H]7OC[C@H](O)[C@H](O[C@@H]8O[C@H](CO)[C@@H](O[C@@H]9O[C@@H](C)[C@H](O)[C@@H](O)[C@H]9O)[C@H](O[C@@H]9O[C@H](CO)[C@@H](O)[C@H](O)[C@H]9O)[C@H]8O)[C@H]7O)[C@H]6O[C@@H]6OC[C@@H](O)[C@H](O)[C@H]6O)CC[C@]5(C)[C@H]4CC[C@]3(C)[C@H]1[C@@H]2C. The summed E-state index contributed by atoms with van der Waals surface area (Å²) in [6.45, 7) is 7.68. The van der Waals surface area contributed by atoms with E-state index < -0.39 is 285 Å². The van der Waals surface area contributed by atoms with Crippen LogP contribution in [0.2, 0.25) is 0 Å². The van der Waals surface area contributed by atoms with Crippen molar-refractivity contribution in [2.75, 3.05) is 46.2 Å². The third-order valence-corrected chi connectivity index (χ3v) is 28.0. The van der Waals surface area contributed by atoms with E-state index in [0.29, 0.717) is 49.0 Å². The topological polar surface area (TPSA) is 591 Å². The molecule has 10 aliphatic heterocycles. The molecule has 1 spiro atoms. The molecule has 39 heteroatoms. The molecule has 10 heterocycles. The Morgan fingerprint density at radius 2 is 0.857 bits per heavy atom. The van der Waals surface area contributed by atoms with Gasteiger partial charge in [0, 0.05) is 12.3 Å². The summed E-state index contributed by atoms with van der Waals surface area (Å²) >= 11 is 0. The predicted molar refractivity (Wildman–Crippen MR) is 364 cm³/mol. The Bertz CT molecular complexity index is 3040. The summed E-state index contributed by atoms with van der Waals surface area (Å²) in [6, 6.07) is 0. The first-order valence-corrected chi connectivity index (χ1v) is 39.9. The lowest BCUT2D eigenvalue weighted by molar-refractivity contribution is -0.411. The molecule has 0 radical (unpaired) electrons. The Kier molecular flexibility index (Phi) is 26.9. The van der Waals surface area contributed by atoms with E-state index in [1.54, 1.807) is 0 Å². The van der Waals surface area contributed by atoms with Gasteiger partial charge in [0.25, 0.3) is 0 Å². The van der Waals surface area contributed by atoms with Crippen molar-refractivity contribution in [3.05, 3.63) is 0 Å². The van der Waals surface area contributed by atoms with E-state index in [1.807, 2.05) is 0 Å². The van der Waals surface area contributed by atoms with Gasteiger partial charge < -0.3 is 193 Å². The van der Waals surface area contributed by atoms with Crippen molar-refractivity contribution in [1.29, 1.82) is 0 Å². The maximum absolute atomic E-state index is 12.6. The van der Waals surface area contributed by atoms with E-state index in [0.717, 1.165) is 51.4 Å². The smallest absolute Gasteiger partial charge is 0.187 e. The summed E-state index contributed by atoms with van der Waals surface area (Å²) in [6.07, 6.45) is -63.4. The standard InChI is InChI=1S/C73H120O39/c1-24-9-14-73(98-20-24)25(2)40-35(112-73)16-32-30-8-7-28-15-29(10-12-71(28,5)31(30)11-13-72(32,40)6)101-69-61(50(88)45(83)39(105-69)23-97-63-52(90)47(85)41(79)26(3)99-63)110-70-62(111-64-51(89)43(81)33(77)21-95-64)59(46(84)37(18-75)103-70)108-65-55(93)57(34(78)22-96-65)106-68-56(94)60(109-67-54(92)49(87)44(82)36(17-74)102-67)58(38(19-76)104-68)107-66-53(91)48(86)42(80)27(4)100-66/h24-70,74-94H,7-23H2,1-6H3/t24-,25-,26-,27-,28-,29-,30+,31-,32-,33+,34-,35-,36+,37+,38+,39+,40-,41-,42-,43-,44+,45-,46+,47+,48+,49-,50-,51+,52+,53+,54+,55+,56+,57-,58+,59-,60+,61+,62+,63+,64-,65-,66-,67-,68-,69+,70-,71-,72-,73+/m0/s1. The van der Waals surface area contributed by atoms with Gasteiger partial charge in [0.05, 0.1) is 70.7 Å². The third kappa shape index (κ3) is 16.0. The van der Waals surface area contributed by atoms with E-state index in [-0.39, 0.29) is 28.8 Å². The lowest BCUT2D eigenvalue weighted by Gasteiger charge is -2.61. The molecular formula is C73H120O39. The van der Waals surface area contributed by atoms with E-state index in [2.05, 4.69) is 27.7 Å². The highest BCUT2D eigenvalue weighted by Crippen LogP contribution is 2.72. The first kappa shape index (κ1) is 86.8. The Morgan fingerprint density at radius 1 is 0.357 bits per heavy atom. The Hall–Kier alpha value is -1.56. The fourth-order valence-corrected chi connectivity index (χ4v) is 21.3. The molecule has 646 valence electrons. The molecule has 14 rings (SSSR count). The van der Waals surface area contributed by atoms with Gasteiger partial charge in [-0.2, -0.15) is 0 Å². The minimum atomic E-state index is -2.29. The molecule has 112 heavy (non-hydrogen) atoms. The maximum Gasteiger partial charge on any atom is 0.187 e. The molecule has 14 fully saturated rings. The number of aliphatic hydroxyl groups is 21. The van der Waals surface area contributed by atoms with Crippen molar-refractivity contribution < 1.29 is 193 Å². The highest BCUT2D eigenvalue weighted by molar-refractivity contribution is 5.16. The van der Waals surface area contributed by atoms with Crippen LogP contribution in [0.25, 0.3) is 0 Å². The monoisotopic (exact) mass is 1620 g/mol. The highest BCUT2D eigenvalue weighted by Gasteiger charge is 2.70. The molecule has 0 amide bonds. The van der Waals surface area contributed by atoms with E-state index in [4.69, 9.17) is 85.3 Å². The van der Waals surface area contributed by atoms with Crippen LogP contribution in [0.5, 0.6) is 0 Å². The minimum absolute atomic E-state index is 0.0672. The van der Waals surface area contributed by atoms with Crippen molar-refractivity contribution in [2.45, 2.75) is 357 Å². The van der Waals surface area contributed by atoms with Gasteiger partial charge in [-0.05, 0) is 118 Å². The quantitative estimate of drug-likeness (QED) is 0.0503. The molecule has 10 saturated heterocycles. The van der Waals surface area contributed by atoms with Crippen LogP contribution in [0.3, 0.4) is 0 Å². The van der Waals surface area contributed by atoms with Gasteiger partial charge in [-0.25, -0.2) is 0 Å². The molecule has 0 aromatic rings. The average Bonchev–Trinajstić information content (AvgIpc) is 1.52. The fourth-order valence-electron chi connectivity index (χ4n) is 21.3. The van der Waals surface area contributed by atoms with Gasteiger partial charge in [0.2, 0.25) is 0 Å². The summed E-state index contributed by atoms with van der Waals surface area (Å²) in [5.74, 6) is 1.98. The summed E-state index contributed by atoms with van der Waals surface area (Å²) in [5, 5.41) is 235. The molecule has 14 aliphatic rings. The highest BCUT2D eigenvalue weighted by atomic mass is 16.8. The van der Waals surface area contributed by atoms with Gasteiger partial charge in [-0.3, -0.25) is 0 Å². The molecule has 4 aliphatic carbocycles. The van der Waals surface area contributed by atoms with Crippen molar-refractivity contribution in [3.63, 3.8) is 0 Å². The van der Waals surface area contributed by atoms with Gasteiger partial charge in [0.1, 0.15) is 171 Å². The van der Waals surface area contributed by atoms with Crippen LogP contribution in [-0.4, -0.2) is 405 Å². The zero-order valence-electron chi connectivity index (χ0n) is 63.4. The van der Waals surface area contributed by atoms with Crippen molar-refractivity contribution >= 4 is 0 Å². The predicted octanol–water partition coefficient (Wildman–Crippen LogP) is -8.28. The Balaban J connectivity index is 0.722. The van der Waals surface area contributed by atoms with Crippen molar-refractivity contribution in [1.82, 2.24) is 0 Å². The lowest BCUT2D eigenvalue weighted by Crippen LogP contribution is -2.69. The first-order valence-electron chi connectivity index (χ1n) is 39.9.